The number of carbonyl (C=O) groups excluding carboxylic acids is 3. The van der Waals surface area contributed by atoms with E-state index < -0.39 is 41.5 Å². The number of nitrogens with one attached hydrogen (secondary N) is 2. The van der Waals surface area contributed by atoms with Crippen LogP contribution in [0.5, 0.6) is 5.75 Å². The number of aliphatic hydroxyl groups excluding tert-OH is 1. The van der Waals surface area contributed by atoms with Crippen molar-refractivity contribution in [3.8, 4) is 5.75 Å². The van der Waals surface area contributed by atoms with E-state index >= 15 is 0 Å². The Hall–Kier alpha value is -3.73. The topological polar surface area (TPSA) is 117 Å². The molecule has 10 heteroatoms. The summed E-state index contributed by atoms with van der Waals surface area (Å²) in [5, 5.41) is 16.8. The molecular formula is C35H38BrN3O6. The highest BCUT2D eigenvalue weighted by atomic mass is 79.9. The van der Waals surface area contributed by atoms with Crippen molar-refractivity contribution in [2.45, 2.75) is 62.2 Å². The molecule has 2 bridgehead atoms. The van der Waals surface area contributed by atoms with Crippen LogP contribution in [-0.2, 0) is 25.5 Å². The number of amides is 3. The smallest absolute Gasteiger partial charge is 0.250 e. The molecule has 0 saturated carbocycles. The summed E-state index contributed by atoms with van der Waals surface area (Å²) in [6.07, 6.45) is 0.0932. The number of hydrogen-bond acceptors (Lipinski definition) is 6. The third-order valence-electron chi connectivity index (χ3n) is 9.36. The van der Waals surface area contributed by atoms with Gasteiger partial charge in [-0.2, -0.15) is 0 Å². The number of hydrogen-bond donors (Lipinski definition) is 3. The molecule has 0 radical (unpaired) electrons. The molecule has 3 unspecified atom stereocenters. The molecule has 45 heavy (non-hydrogen) atoms. The molecule has 3 aliphatic rings. The summed E-state index contributed by atoms with van der Waals surface area (Å²) in [6, 6.07) is 20.6. The Morgan fingerprint density at radius 2 is 1.71 bits per heavy atom. The summed E-state index contributed by atoms with van der Waals surface area (Å²) < 4.78 is 12.2. The van der Waals surface area contributed by atoms with Gasteiger partial charge in [-0.25, -0.2) is 0 Å². The van der Waals surface area contributed by atoms with Gasteiger partial charge in [0.05, 0.1) is 37.2 Å². The zero-order valence-electron chi connectivity index (χ0n) is 25.5. The molecule has 0 aromatic heterocycles. The van der Waals surface area contributed by atoms with Crippen LogP contribution in [0.25, 0.3) is 0 Å². The van der Waals surface area contributed by atoms with Crippen molar-refractivity contribution in [3.63, 3.8) is 0 Å². The molecule has 7 atom stereocenters. The molecule has 3 N–H and O–H groups in total. The number of ether oxygens (including phenoxy) is 2. The number of carbonyl (C=O) groups is 3. The number of rotatable bonds is 10. The number of aryl methyl sites for hydroxylation is 2. The second kappa shape index (κ2) is 12.6. The summed E-state index contributed by atoms with van der Waals surface area (Å²) in [4.78, 5) is 44.3. The van der Waals surface area contributed by atoms with Crippen LogP contribution in [0.3, 0.4) is 0 Å². The number of aliphatic hydroxyl groups is 1. The maximum absolute atomic E-state index is 14.6. The largest absolute Gasteiger partial charge is 0.494 e. The lowest BCUT2D eigenvalue weighted by atomic mass is 9.70. The molecule has 3 saturated heterocycles. The fourth-order valence-corrected chi connectivity index (χ4v) is 8.37. The summed E-state index contributed by atoms with van der Waals surface area (Å²) in [5.41, 5.74) is 2.67. The first kappa shape index (κ1) is 31.3. The summed E-state index contributed by atoms with van der Waals surface area (Å²) >= 11 is 3.73. The number of likely N-dealkylation sites (tertiary alicyclic amines) is 1. The summed E-state index contributed by atoms with van der Waals surface area (Å²) in [5.74, 6) is -2.18. The number of benzene rings is 3. The average Bonchev–Trinajstić information content (AvgIpc) is 3.62. The second-order valence-electron chi connectivity index (χ2n) is 12.1. The average molecular weight is 677 g/mol. The number of alkyl halides is 1. The Labute approximate surface area is 271 Å². The molecule has 3 amide bonds. The molecule has 236 valence electrons. The Morgan fingerprint density at radius 1 is 1.02 bits per heavy atom. The molecule has 3 aliphatic heterocycles. The van der Waals surface area contributed by atoms with Crippen LogP contribution in [0.1, 0.15) is 30.0 Å². The number of fused-ring (bicyclic) bond motifs is 1. The van der Waals surface area contributed by atoms with Gasteiger partial charge in [0.25, 0.3) is 0 Å². The van der Waals surface area contributed by atoms with E-state index in [1.54, 1.807) is 24.3 Å². The van der Waals surface area contributed by atoms with Crippen molar-refractivity contribution in [1.82, 2.24) is 4.90 Å². The van der Waals surface area contributed by atoms with E-state index in [9.17, 15) is 19.5 Å². The first-order chi connectivity index (χ1) is 21.7. The van der Waals surface area contributed by atoms with Gasteiger partial charge in [-0.05, 0) is 74.6 Å². The molecule has 0 aliphatic carbocycles. The van der Waals surface area contributed by atoms with Gasteiger partial charge in [-0.1, -0.05) is 64.5 Å². The van der Waals surface area contributed by atoms with Gasteiger partial charge in [-0.3, -0.25) is 14.4 Å². The first-order valence-corrected chi connectivity index (χ1v) is 16.3. The van der Waals surface area contributed by atoms with Crippen molar-refractivity contribution in [1.29, 1.82) is 0 Å². The summed E-state index contributed by atoms with van der Waals surface area (Å²) in [7, 11) is 0. The van der Waals surface area contributed by atoms with Crippen molar-refractivity contribution in [3.05, 3.63) is 89.5 Å². The van der Waals surface area contributed by atoms with E-state index in [4.69, 9.17) is 9.47 Å². The standard InChI is InChI=1S/C35H38BrN3O6/c1-4-44-25-15-13-23(14-16-25)37-32(41)27-28-34(43)39(24(19-40)17-22-11-6-5-7-12-22)31(35(28)18-26(36)30(27)45-35)33(42)38-29-20(2)9-8-10-21(29)3/h5-16,24,26-28,30-31,40H,4,17-19H2,1-3H3,(H,37,41)(H,38,42)/t24-,26?,27+,28+,30+,31?,35?/m1/s1. The van der Waals surface area contributed by atoms with Gasteiger partial charge < -0.3 is 30.1 Å². The first-order valence-electron chi connectivity index (χ1n) is 15.4. The zero-order chi connectivity index (χ0) is 31.9. The van der Waals surface area contributed by atoms with Gasteiger partial charge in [0, 0.05) is 16.2 Å². The van der Waals surface area contributed by atoms with Gasteiger partial charge >= 0.3 is 0 Å². The van der Waals surface area contributed by atoms with Gasteiger partial charge in [0.15, 0.2) is 0 Å². The van der Waals surface area contributed by atoms with Crippen LogP contribution in [0.15, 0.2) is 72.8 Å². The Bertz CT molecular complexity index is 1560. The molecule has 3 fully saturated rings. The highest BCUT2D eigenvalue weighted by Crippen LogP contribution is 2.60. The minimum atomic E-state index is -1.26. The lowest BCUT2D eigenvalue weighted by molar-refractivity contribution is -0.143. The SMILES string of the molecule is CCOc1ccc(NC(=O)[C@H]2[C@H]3C(=O)N([C@@H](CO)Cc4ccccc4)C(C(=O)Nc4c(C)cccc4C)C34CC(Br)[C@@H]2O4)cc1. The number of nitrogens with zero attached hydrogens (tertiary/aromatic N) is 1. The van der Waals surface area contributed by atoms with Crippen LogP contribution < -0.4 is 15.4 Å². The van der Waals surface area contributed by atoms with Crippen molar-refractivity contribution in [2.24, 2.45) is 11.8 Å². The monoisotopic (exact) mass is 675 g/mol. The van der Waals surface area contributed by atoms with Gasteiger partial charge in [0.1, 0.15) is 17.4 Å². The van der Waals surface area contributed by atoms with Crippen LogP contribution in [0.4, 0.5) is 11.4 Å². The number of anilines is 2. The maximum atomic E-state index is 14.6. The van der Waals surface area contributed by atoms with Crippen molar-refractivity contribution < 1.29 is 29.0 Å². The predicted octanol–water partition coefficient (Wildman–Crippen LogP) is 4.63. The van der Waals surface area contributed by atoms with E-state index in [1.165, 1.54) is 4.90 Å². The Morgan fingerprint density at radius 3 is 2.36 bits per heavy atom. The molecular weight excluding hydrogens is 638 g/mol. The van der Waals surface area contributed by atoms with Crippen LogP contribution >= 0.6 is 15.9 Å². The molecule has 9 nitrogen and oxygen atoms in total. The van der Waals surface area contributed by atoms with E-state index in [2.05, 4.69) is 26.6 Å². The highest BCUT2D eigenvalue weighted by Gasteiger charge is 2.77. The Kier molecular flexibility index (Phi) is 8.74. The lowest BCUT2D eigenvalue weighted by Gasteiger charge is -2.37. The quantitative estimate of drug-likeness (QED) is 0.270. The predicted molar refractivity (Wildman–Crippen MR) is 174 cm³/mol. The van der Waals surface area contributed by atoms with Crippen molar-refractivity contribution >= 4 is 45.0 Å². The van der Waals surface area contributed by atoms with E-state index in [1.807, 2.05) is 69.3 Å². The number of para-hydroxylation sites is 1. The highest BCUT2D eigenvalue weighted by molar-refractivity contribution is 9.09. The van der Waals surface area contributed by atoms with E-state index in [-0.39, 0.29) is 23.2 Å². The third kappa shape index (κ3) is 5.53. The molecule has 3 heterocycles. The minimum absolute atomic E-state index is 0.255. The third-order valence-corrected chi connectivity index (χ3v) is 10.2. The molecule has 6 rings (SSSR count). The molecule has 3 aromatic rings. The maximum Gasteiger partial charge on any atom is 0.250 e. The second-order valence-corrected chi connectivity index (χ2v) is 13.3. The van der Waals surface area contributed by atoms with Crippen LogP contribution in [0.2, 0.25) is 0 Å². The Balaban J connectivity index is 1.37. The molecule has 3 aromatic carbocycles. The van der Waals surface area contributed by atoms with Crippen LogP contribution in [0, 0.1) is 25.7 Å². The van der Waals surface area contributed by atoms with Crippen molar-refractivity contribution in [2.75, 3.05) is 23.8 Å². The minimum Gasteiger partial charge on any atom is -0.494 e. The molecule has 1 spiro atoms. The van der Waals surface area contributed by atoms with E-state index in [0.717, 1.165) is 16.7 Å². The number of halogens is 1. The fraction of sp³-hybridized carbons (Fsp3) is 0.400. The van der Waals surface area contributed by atoms with E-state index in [0.29, 0.717) is 36.6 Å². The van der Waals surface area contributed by atoms with Crippen LogP contribution in [-0.4, -0.2) is 69.6 Å². The fourth-order valence-electron chi connectivity index (χ4n) is 7.43. The van der Waals surface area contributed by atoms with Gasteiger partial charge in [0.2, 0.25) is 17.7 Å². The summed E-state index contributed by atoms with van der Waals surface area (Å²) in [6.45, 7) is 5.90. The zero-order valence-corrected chi connectivity index (χ0v) is 27.1. The lowest BCUT2D eigenvalue weighted by Crippen LogP contribution is -2.57. The normalized spacial score (nSPS) is 27.3. The van der Waals surface area contributed by atoms with Gasteiger partial charge in [-0.15, -0.1) is 0 Å².